The van der Waals surface area contributed by atoms with Gasteiger partial charge >= 0.3 is 23.9 Å². The Morgan fingerprint density at radius 3 is 1.39 bits per heavy atom. The van der Waals surface area contributed by atoms with E-state index >= 15 is 0 Å². The normalized spacial score (nSPS) is 27.4. The molecule has 0 bridgehead atoms. The van der Waals surface area contributed by atoms with Crippen molar-refractivity contribution in [2.45, 2.75) is 109 Å². The highest BCUT2D eigenvalue weighted by molar-refractivity contribution is 5.68. The molecule has 56 heavy (non-hydrogen) atoms. The molecule has 0 amide bonds. The summed E-state index contributed by atoms with van der Waals surface area (Å²) in [5.41, 5.74) is 2.57. The predicted octanol–water partition coefficient (Wildman–Crippen LogP) is 3.56. The smallest absolute Gasteiger partial charge is 0.303 e. The summed E-state index contributed by atoms with van der Waals surface area (Å²) in [7, 11) is 0. The summed E-state index contributed by atoms with van der Waals surface area (Å²) >= 11 is 0. The molecule has 0 aromatic heterocycles. The summed E-state index contributed by atoms with van der Waals surface area (Å²) in [5, 5.41) is 11.5. The van der Waals surface area contributed by atoms with Crippen LogP contribution in [0, 0.1) is 0 Å². The topological polar surface area (TPSA) is 181 Å². The van der Waals surface area contributed by atoms with Gasteiger partial charge < -0.3 is 52.5 Å². The van der Waals surface area contributed by atoms with Gasteiger partial charge in [0.1, 0.15) is 37.1 Å². The van der Waals surface area contributed by atoms with Gasteiger partial charge in [0, 0.05) is 27.7 Å². The zero-order valence-corrected chi connectivity index (χ0v) is 31.6. The van der Waals surface area contributed by atoms with Crippen LogP contribution < -0.4 is 0 Å². The lowest BCUT2D eigenvalue weighted by atomic mass is 9.97. The fraction of sp³-hybridized carbons (Fsp3) is 0.463. The maximum atomic E-state index is 12.4. The van der Waals surface area contributed by atoms with Gasteiger partial charge in [0.25, 0.3) is 0 Å². The van der Waals surface area contributed by atoms with Gasteiger partial charge in [-0.25, -0.2) is 0 Å². The van der Waals surface area contributed by atoms with Crippen molar-refractivity contribution in [3.63, 3.8) is 0 Å². The molecule has 2 saturated heterocycles. The fourth-order valence-corrected chi connectivity index (χ4v) is 6.41. The Labute approximate surface area is 325 Å². The highest BCUT2D eigenvalue weighted by Crippen LogP contribution is 2.33. The maximum Gasteiger partial charge on any atom is 0.303 e. The third-order valence-electron chi connectivity index (χ3n) is 8.84. The first kappa shape index (κ1) is 42.4. The lowest BCUT2D eigenvalue weighted by Crippen LogP contribution is -2.64. The van der Waals surface area contributed by atoms with Crippen LogP contribution in [0.1, 0.15) is 44.4 Å². The van der Waals surface area contributed by atoms with Gasteiger partial charge in [-0.15, -0.1) is 0 Å². The maximum absolute atomic E-state index is 12.4. The molecular formula is C41H48O15. The second kappa shape index (κ2) is 21.0. The van der Waals surface area contributed by atoms with Crippen LogP contribution in [0.25, 0.3) is 0 Å². The first-order chi connectivity index (χ1) is 27.0. The molecule has 302 valence electrons. The van der Waals surface area contributed by atoms with Gasteiger partial charge in [-0.3, -0.25) is 19.2 Å². The number of aliphatic hydroxyl groups excluding tert-OH is 1. The SMILES string of the molecule is CC(=O)OC[C@H]1O[C@@H](OC[C@H]2O[C@@H](O)[C@H](OCc3ccccc3)[C@@H](OCc3ccccc3)[C@@H]2OCc2ccccc2)[C@H](OC(C)=O)[C@@H](OC(C)=O)[C@H]1OC(C)=O. The molecule has 0 saturated carbocycles. The third-order valence-corrected chi connectivity index (χ3v) is 8.84. The van der Waals surface area contributed by atoms with E-state index in [1.54, 1.807) is 0 Å². The zero-order valence-electron chi connectivity index (χ0n) is 31.6. The van der Waals surface area contributed by atoms with E-state index < -0.39 is 91.9 Å². The molecule has 5 rings (SSSR count). The quantitative estimate of drug-likeness (QED) is 0.155. The van der Waals surface area contributed by atoms with Gasteiger partial charge in [0.2, 0.25) is 0 Å². The monoisotopic (exact) mass is 780 g/mol. The molecule has 0 aliphatic carbocycles. The fourth-order valence-electron chi connectivity index (χ4n) is 6.41. The Kier molecular flexibility index (Phi) is 15.9. The number of carbonyl (C=O) groups excluding carboxylic acids is 4. The Bertz CT molecular complexity index is 1690. The minimum Gasteiger partial charge on any atom is -0.463 e. The van der Waals surface area contributed by atoms with Crippen molar-refractivity contribution in [1.82, 2.24) is 0 Å². The molecule has 2 aliphatic heterocycles. The van der Waals surface area contributed by atoms with E-state index in [9.17, 15) is 24.3 Å². The Morgan fingerprint density at radius 1 is 0.482 bits per heavy atom. The van der Waals surface area contributed by atoms with E-state index in [2.05, 4.69) is 0 Å². The van der Waals surface area contributed by atoms with Crippen molar-refractivity contribution in [2.75, 3.05) is 13.2 Å². The van der Waals surface area contributed by atoms with Crippen LogP contribution in [0.15, 0.2) is 91.0 Å². The van der Waals surface area contributed by atoms with Crippen molar-refractivity contribution in [3.8, 4) is 0 Å². The molecule has 2 heterocycles. The van der Waals surface area contributed by atoms with Crippen molar-refractivity contribution in [2.24, 2.45) is 0 Å². The molecule has 0 unspecified atom stereocenters. The Balaban J connectivity index is 1.46. The van der Waals surface area contributed by atoms with Gasteiger partial charge in [0.05, 0.1) is 26.4 Å². The van der Waals surface area contributed by atoms with Crippen molar-refractivity contribution >= 4 is 23.9 Å². The largest absolute Gasteiger partial charge is 0.463 e. The average molecular weight is 781 g/mol. The second-order valence-electron chi connectivity index (χ2n) is 13.2. The van der Waals surface area contributed by atoms with Crippen LogP contribution in [0.2, 0.25) is 0 Å². The number of rotatable bonds is 17. The predicted molar refractivity (Wildman–Crippen MR) is 194 cm³/mol. The zero-order chi connectivity index (χ0) is 40.0. The van der Waals surface area contributed by atoms with Crippen LogP contribution in [0.4, 0.5) is 0 Å². The summed E-state index contributed by atoms with van der Waals surface area (Å²) in [6.45, 7) is 4.16. The van der Waals surface area contributed by atoms with Gasteiger partial charge in [0.15, 0.2) is 30.9 Å². The molecule has 3 aromatic carbocycles. The summed E-state index contributed by atoms with van der Waals surface area (Å²) in [4.78, 5) is 48.7. The first-order valence-electron chi connectivity index (χ1n) is 18.2. The summed E-state index contributed by atoms with van der Waals surface area (Å²) < 4.78 is 59.7. The Hall–Kier alpha value is -4.74. The molecule has 10 atom stereocenters. The standard InChI is InChI=1S/C41H48O15/c1-25(42)47-23-33-35(52-26(2)43)37(53-27(3)44)39(54-28(4)45)41(56-33)51-24-32-34(48-20-29-14-8-5-9-15-29)36(49-21-30-16-10-6-11-17-30)38(40(46)55-32)50-22-31-18-12-7-13-19-31/h5-19,32-41,46H,20-24H2,1-4H3/t32-,33-,34-,35+,36+,37+,38-,39-,40-,41-/m1/s1. The van der Waals surface area contributed by atoms with Crippen molar-refractivity contribution in [1.29, 1.82) is 0 Å². The van der Waals surface area contributed by atoms with Crippen LogP contribution in [-0.2, 0) is 86.4 Å². The van der Waals surface area contributed by atoms with E-state index in [0.29, 0.717) is 0 Å². The number of hydrogen-bond acceptors (Lipinski definition) is 15. The van der Waals surface area contributed by atoms with Crippen LogP contribution in [0.3, 0.4) is 0 Å². The van der Waals surface area contributed by atoms with E-state index in [1.807, 2.05) is 91.0 Å². The summed E-state index contributed by atoms with van der Waals surface area (Å²) in [6.07, 6.45) is -12.5. The Morgan fingerprint density at radius 2 is 0.911 bits per heavy atom. The molecule has 2 fully saturated rings. The van der Waals surface area contributed by atoms with E-state index in [1.165, 1.54) is 6.92 Å². The minimum absolute atomic E-state index is 0.122. The van der Waals surface area contributed by atoms with Crippen molar-refractivity contribution < 1.29 is 71.7 Å². The number of aliphatic hydroxyl groups is 1. The lowest BCUT2D eigenvalue weighted by Gasteiger charge is -2.46. The van der Waals surface area contributed by atoms with Crippen LogP contribution in [-0.4, -0.2) is 104 Å². The molecule has 1 N–H and O–H groups in total. The molecule has 0 radical (unpaired) electrons. The van der Waals surface area contributed by atoms with Gasteiger partial charge in [-0.2, -0.15) is 0 Å². The lowest BCUT2D eigenvalue weighted by molar-refractivity contribution is -0.339. The van der Waals surface area contributed by atoms with Crippen LogP contribution in [0.5, 0.6) is 0 Å². The number of ether oxygens (including phenoxy) is 10. The number of esters is 4. The number of carbonyl (C=O) groups is 4. The van der Waals surface area contributed by atoms with E-state index in [4.69, 9.17) is 47.4 Å². The van der Waals surface area contributed by atoms with E-state index in [0.717, 1.165) is 37.5 Å². The summed E-state index contributed by atoms with van der Waals surface area (Å²) in [5.74, 6) is -3.00. The highest BCUT2D eigenvalue weighted by atomic mass is 16.7. The van der Waals surface area contributed by atoms with Crippen molar-refractivity contribution in [3.05, 3.63) is 108 Å². The number of hydrogen-bond donors (Lipinski definition) is 1. The number of benzene rings is 3. The highest BCUT2D eigenvalue weighted by Gasteiger charge is 2.54. The first-order valence-corrected chi connectivity index (χ1v) is 18.2. The average Bonchev–Trinajstić information content (AvgIpc) is 3.17. The molecule has 15 nitrogen and oxygen atoms in total. The molecule has 2 aliphatic rings. The van der Waals surface area contributed by atoms with Gasteiger partial charge in [-0.05, 0) is 16.7 Å². The molecular weight excluding hydrogens is 732 g/mol. The van der Waals surface area contributed by atoms with Crippen LogP contribution >= 0.6 is 0 Å². The molecule has 15 heteroatoms. The molecule has 3 aromatic rings. The third kappa shape index (κ3) is 12.4. The molecule has 0 spiro atoms. The minimum atomic E-state index is -1.53. The second-order valence-corrected chi connectivity index (χ2v) is 13.2. The van der Waals surface area contributed by atoms with Gasteiger partial charge in [-0.1, -0.05) is 91.0 Å². The van der Waals surface area contributed by atoms with E-state index in [-0.39, 0.29) is 26.4 Å². The summed E-state index contributed by atoms with van der Waals surface area (Å²) in [6, 6.07) is 28.3.